The van der Waals surface area contributed by atoms with E-state index in [1.54, 1.807) is 20.4 Å². The van der Waals surface area contributed by atoms with Gasteiger partial charge in [0.1, 0.15) is 7.05 Å². The number of fused-ring (bicyclic) bond motifs is 2. The maximum Gasteiger partial charge on any atom is 0.252 e. The molecule has 3 aliphatic rings. The highest BCUT2D eigenvalue weighted by molar-refractivity contribution is 6.08. The number of ether oxygens (including phenoxy) is 2. The summed E-state index contributed by atoms with van der Waals surface area (Å²) in [5, 5.41) is 3.18. The fourth-order valence-electron chi connectivity index (χ4n) is 5.64. The number of aryl methyl sites for hydroxylation is 1. The minimum atomic E-state index is -0.275. The average molecular weight is 507 g/mol. The second-order valence-electron chi connectivity index (χ2n) is 9.83. The van der Waals surface area contributed by atoms with E-state index in [9.17, 15) is 4.79 Å². The molecule has 0 saturated carbocycles. The molecular formula is C29H40N5O3+. The number of carbonyl (C=O) groups excluding carboxylic acids is 1. The van der Waals surface area contributed by atoms with Crippen LogP contribution in [-0.2, 0) is 0 Å². The van der Waals surface area contributed by atoms with Crippen LogP contribution >= 0.6 is 0 Å². The van der Waals surface area contributed by atoms with Gasteiger partial charge in [-0.05, 0) is 62.2 Å². The van der Waals surface area contributed by atoms with Crippen molar-refractivity contribution >= 4 is 23.4 Å². The van der Waals surface area contributed by atoms with Crippen molar-refractivity contribution in [1.82, 2.24) is 10.2 Å². The Balaban J connectivity index is 1.57. The number of piperazine rings is 1. The normalized spacial score (nSPS) is 20.5. The lowest BCUT2D eigenvalue weighted by atomic mass is 9.87. The zero-order valence-electron chi connectivity index (χ0n) is 22.8. The van der Waals surface area contributed by atoms with Crippen LogP contribution in [0.5, 0.6) is 11.5 Å². The Hall–Kier alpha value is -3.52. The summed E-state index contributed by atoms with van der Waals surface area (Å²) < 4.78 is 11.2. The summed E-state index contributed by atoms with van der Waals surface area (Å²) in [5.41, 5.74) is 11.1. The van der Waals surface area contributed by atoms with Crippen molar-refractivity contribution in [2.24, 2.45) is 5.73 Å². The van der Waals surface area contributed by atoms with E-state index in [2.05, 4.69) is 33.1 Å². The van der Waals surface area contributed by atoms with Gasteiger partial charge in [-0.25, -0.2) is 0 Å². The van der Waals surface area contributed by atoms with E-state index in [1.165, 1.54) is 12.6 Å². The molecule has 3 heterocycles. The highest BCUT2D eigenvalue weighted by Crippen LogP contribution is 2.38. The Morgan fingerprint density at radius 2 is 1.92 bits per heavy atom. The van der Waals surface area contributed by atoms with Crippen LogP contribution in [0.3, 0.4) is 0 Å². The van der Waals surface area contributed by atoms with Crippen molar-refractivity contribution in [3.05, 3.63) is 58.8 Å². The minimum Gasteiger partial charge on any atom is -0.493 e. The first-order chi connectivity index (χ1) is 17.8. The van der Waals surface area contributed by atoms with Crippen molar-refractivity contribution in [2.75, 3.05) is 45.8 Å². The lowest BCUT2D eigenvalue weighted by Crippen LogP contribution is -2.68. The second-order valence-corrected chi connectivity index (χ2v) is 9.83. The van der Waals surface area contributed by atoms with E-state index < -0.39 is 0 Å². The minimum absolute atomic E-state index is 0.100. The summed E-state index contributed by atoms with van der Waals surface area (Å²) in [5.74, 6) is 1.05. The largest absolute Gasteiger partial charge is 0.493 e. The van der Waals surface area contributed by atoms with Gasteiger partial charge in [0.2, 0.25) is 0 Å². The number of allylic oxidation sites excluding steroid dienone is 1. The molecule has 4 N–H and O–H groups in total. The fraction of sp³-hybridized carbons (Fsp3) is 0.448. The Bertz CT molecular complexity index is 1200. The highest BCUT2D eigenvalue weighted by Gasteiger charge is 2.43. The summed E-state index contributed by atoms with van der Waals surface area (Å²) in [4.78, 5) is 21.5. The zero-order valence-corrected chi connectivity index (χ0v) is 22.8. The number of methoxy groups -OCH3 is 2. The number of hydrogen-bond donors (Lipinski definition) is 3. The smallest absolute Gasteiger partial charge is 0.252 e. The molecule has 1 amide bonds. The molecule has 2 aromatic carbocycles. The van der Waals surface area contributed by atoms with E-state index >= 15 is 0 Å². The van der Waals surface area contributed by atoms with Crippen LogP contribution in [-0.4, -0.2) is 70.0 Å². The third-order valence-corrected chi connectivity index (χ3v) is 7.68. The molecule has 0 aromatic heterocycles. The number of likely N-dealkylation sites (N-methyl/N-ethyl adjacent to an activating group) is 1. The van der Waals surface area contributed by atoms with Crippen molar-refractivity contribution in [1.29, 1.82) is 0 Å². The van der Waals surface area contributed by atoms with Gasteiger partial charge in [0.15, 0.2) is 17.7 Å². The summed E-state index contributed by atoms with van der Waals surface area (Å²) >= 11 is 0. The number of nitrogens with one attached hydrogen (secondary N) is 2. The molecular weight excluding hydrogens is 466 g/mol. The Kier molecular flexibility index (Phi) is 8.07. The molecule has 198 valence electrons. The Labute approximate surface area is 220 Å². The van der Waals surface area contributed by atoms with Gasteiger partial charge in [-0.3, -0.25) is 14.7 Å². The van der Waals surface area contributed by atoms with Gasteiger partial charge in [0.05, 0.1) is 25.8 Å². The van der Waals surface area contributed by atoms with Crippen LogP contribution in [0.1, 0.15) is 53.4 Å². The van der Waals surface area contributed by atoms with Crippen LogP contribution in [0.2, 0.25) is 0 Å². The van der Waals surface area contributed by atoms with Gasteiger partial charge < -0.3 is 25.4 Å². The standard InChI is InChI=1S/C29H39N5O3/c1-7-34-23-12-24(34)17-33(16-23)22-9-8-18(2)25(13-22)29(35)32-19(3)20-10-26(21(14-30)15-31-4)28(37-6)27(11-20)36-5/h8-11,13-15,19,23-24H,7,12,16-17,30H2,1-6H3,(H,32,35)/p+1/b21-14+,31-15?/t19-,23-,24+/m1/s1. The van der Waals surface area contributed by atoms with Crippen LogP contribution in [0, 0.1) is 6.92 Å². The van der Waals surface area contributed by atoms with Crippen LogP contribution in [0.4, 0.5) is 5.69 Å². The third kappa shape index (κ3) is 5.16. The van der Waals surface area contributed by atoms with Crippen LogP contribution < -0.4 is 30.4 Å². The number of piperidine rings is 1. The average Bonchev–Trinajstić information content (AvgIpc) is 2.91. The van der Waals surface area contributed by atoms with Crippen molar-refractivity contribution in [2.45, 2.75) is 45.3 Å². The van der Waals surface area contributed by atoms with E-state index in [4.69, 9.17) is 15.2 Å². The predicted molar refractivity (Wildman–Crippen MR) is 149 cm³/mol. The molecule has 3 atom stereocenters. The number of hydrogen-bond acceptors (Lipinski definition) is 6. The molecule has 37 heavy (non-hydrogen) atoms. The SMILES string of the molecule is CCN1[C@@H]2C[C@H]1CN(c1ccc(C)c(C(=O)N[C@H](C)c3cc(OC)c(OC)c(/C(C=[NH+]C)=C/N)c3)c1)C2. The summed E-state index contributed by atoms with van der Waals surface area (Å²) in [7, 11) is 5.01. The first-order valence-corrected chi connectivity index (χ1v) is 13.0. The third-order valence-electron chi connectivity index (χ3n) is 7.68. The topological polar surface area (TPSA) is 94.0 Å². The summed E-state index contributed by atoms with van der Waals surface area (Å²) in [6.45, 7) is 9.32. The molecule has 8 heteroatoms. The highest BCUT2D eigenvalue weighted by atomic mass is 16.5. The molecule has 8 nitrogen and oxygen atoms in total. The fourth-order valence-corrected chi connectivity index (χ4v) is 5.64. The van der Waals surface area contributed by atoms with Crippen LogP contribution in [0.25, 0.3) is 5.57 Å². The van der Waals surface area contributed by atoms with Gasteiger partial charge in [0, 0.05) is 48.2 Å². The predicted octanol–water partition coefficient (Wildman–Crippen LogP) is 1.87. The molecule has 0 radical (unpaired) electrons. The number of nitrogens with two attached hydrogens (primary N) is 1. The van der Waals surface area contributed by atoms with E-state index in [0.717, 1.165) is 47.6 Å². The lowest BCUT2D eigenvalue weighted by Gasteiger charge is -2.56. The lowest BCUT2D eigenvalue weighted by molar-refractivity contribution is -0.412. The van der Waals surface area contributed by atoms with Crippen molar-refractivity contribution in [3.8, 4) is 11.5 Å². The first kappa shape index (κ1) is 26.5. The van der Waals surface area contributed by atoms with E-state index in [0.29, 0.717) is 29.1 Å². The van der Waals surface area contributed by atoms with Crippen molar-refractivity contribution < 1.29 is 19.3 Å². The molecule has 2 bridgehead atoms. The molecule has 0 spiro atoms. The number of carbonyl (C=O) groups is 1. The number of rotatable bonds is 9. The van der Waals surface area contributed by atoms with Gasteiger partial charge in [-0.15, -0.1) is 0 Å². The van der Waals surface area contributed by atoms with Gasteiger partial charge in [-0.2, -0.15) is 0 Å². The molecule has 3 saturated heterocycles. The van der Waals surface area contributed by atoms with Gasteiger partial charge >= 0.3 is 0 Å². The molecule has 5 rings (SSSR count). The molecule has 3 aliphatic heterocycles. The molecule has 0 unspecified atom stereocenters. The molecule has 3 fully saturated rings. The maximum absolute atomic E-state index is 13.5. The maximum atomic E-state index is 13.5. The number of benzene rings is 2. The molecule has 0 aliphatic carbocycles. The van der Waals surface area contributed by atoms with E-state index in [-0.39, 0.29) is 11.9 Å². The quantitative estimate of drug-likeness (QED) is 0.450. The monoisotopic (exact) mass is 506 g/mol. The zero-order chi connectivity index (χ0) is 26.7. The number of nitrogens with zero attached hydrogens (tertiary/aromatic N) is 2. The molecule has 2 aromatic rings. The summed E-state index contributed by atoms with van der Waals surface area (Å²) in [6.07, 6.45) is 4.59. The summed E-state index contributed by atoms with van der Waals surface area (Å²) in [6, 6.07) is 11.1. The Morgan fingerprint density at radius 1 is 1.19 bits per heavy atom. The number of anilines is 1. The first-order valence-electron chi connectivity index (χ1n) is 13.0. The van der Waals surface area contributed by atoms with Gasteiger partial charge in [0.25, 0.3) is 5.91 Å². The van der Waals surface area contributed by atoms with E-state index in [1.807, 2.05) is 45.2 Å². The second kappa shape index (κ2) is 11.3. The Morgan fingerprint density at radius 3 is 2.51 bits per heavy atom. The van der Waals surface area contributed by atoms with Crippen LogP contribution in [0.15, 0.2) is 36.5 Å². The number of amides is 1. The van der Waals surface area contributed by atoms with Crippen molar-refractivity contribution in [3.63, 3.8) is 0 Å². The van der Waals surface area contributed by atoms with Gasteiger partial charge in [-0.1, -0.05) is 13.0 Å².